The first-order valence-electron chi connectivity index (χ1n) is 5.34. The van der Waals surface area contributed by atoms with Gasteiger partial charge in [-0.15, -0.1) is 0 Å². The van der Waals surface area contributed by atoms with Crippen LogP contribution in [0.15, 0.2) is 12.1 Å². The standard InChI is InChI=1S/C11H13ClN2O4/c1-3-4-18-11-6-10(14(16)17)8(12)5-9(11)13-7(2)15/h5-6H,3-4H2,1-2H3,(H,13,15). The predicted octanol–water partition coefficient (Wildman–Crippen LogP) is 3.00. The lowest BCUT2D eigenvalue weighted by Crippen LogP contribution is -2.09. The van der Waals surface area contributed by atoms with Crippen LogP contribution in [0.3, 0.4) is 0 Å². The van der Waals surface area contributed by atoms with E-state index < -0.39 is 4.92 Å². The molecule has 0 aromatic heterocycles. The van der Waals surface area contributed by atoms with Crippen LogP contribution in [0.1, 0.15) is 20.3 Å². The fourth-order valence-corrected chi connectivity index (χ4v) is 1.53. The number of hydrogen-bond acceptors (Lipinski definition) is 4. The Labute approximate surface area is 109 Å². The number of nitrogens with one attached hydrogen (secondary N) is 1. The van der Waals surface area contributed by atoms with Crippen LogP contribution in [0, 0.1) is 10.1 Å². The molecule has 1 amide bonds. The highest BCUT2D eigenvalue weighted by Gasteiger charge is 2.18. The second-order valence-electron chi connectivity index (χ2n) is 3.59. The molecule has 0 aliphatic heterocycles. The first kappa shape index (κ1) is 14.2. The molecule has 0 saturated heterocycles. The fraction of sp³-hybridized carbons (Fsp3) is 0.364. The molecule has 0 unspecified atom stereocenters. The van der Waals surface area contributed by atoms with E-state index in [9.17, 15) is 14.9 Å². The molecule has 1 rings (SSSR count). The van der Waals surface area contributed by atoms with E-state index in [4.69, 9.17) is 16.3 Å². The van der Waals surface area contributed by atoms with Gasteiger partial charge in [-0.05, 0) is 12.5 Å². The van der Waals surface area contributed by atoms with Gasteiger partial charge in [0.2, 0.25) is 5.91 Å². The molecule has 98 valence electrons. The average Bonchev–Trinajstić information content (AvgIpc) is 2.26. The number of hydrogen-bond donors (Lipinski definition) is 1. The summed E-state index contributed by atoms with van der Waals surface area (Å²) in [5, 5.41) is 13.2. The summed E-state index contributed by atoms with van der Waals surface area (Å²) in [5.41, 5.74) is 0.0726. The SMILES string of the molecule is CCCOc1cc([N+](=O)[O-])c(Cl)cc1NC(C)=O. The van der Waals surface area contributed by atoms with Crippen LogP contribution < -0.4 is 10.1 Å². The van der Waals surface area contributed by atoms with Crippen molar-refractivity contribution in [3.8, 4) is 5.75 Å². The van der Waals surface area contributed by atoms with E-state index in [0.717, 1.165) is 6.42 Å². The maximum absolute atomic E-state index is 11.0. The maximum atomic E-state index is 11.0. The van der Waals surface area contributed by atoms with E-state index >= 15 is 0 Å². The molecule has 0 radical (unpaired) electrons. The Balaban J connectivity index is 3.18. The third kappa shape index (κ3) is 3.59. The molecule has 0 heterocycles. The largest absolute Gasteiger partial charge is 0.491 e. The molecular formula is C11H13ClN2O4. The van der Waals surface area contributed by atoms with Gasteiger partial charge < -0.3 is 10.1 Å². The van der Waals surface area contributed by atoms with Gasteiger partial charge >= 0.3 is 0 Å². The molecule has 0 saturated carbocycles. The number of ether oxygens (including phenoxy) is 1. The Kier molecular flexibility index (Phi) is 4.91. The third-order valence-corrected chi connectivity index (χ3v) is 2.32. The summed E-state index contributed by atoms with van der Waals surface area (Å²) in [6.45, 7) is 3.63. The number of nitro groups is 1. The van der Waals surface area contributed by atoms with Crippen molar-refractivity contribution in [1.82, 2.24) is 0 Å². The van der Waals surface area contributed by atoms with Gasteiger partial charge in [0, 0.05) is 6.92 Å². The molecule has 0 atom stereocenters. The second kappa shape index (κ2) is 6.20. The highest BCUT2D eigenvalue weighted by Crippen LogP contribution is 2.35. The molecular weight excluding hydrogens is 260 g/mol. The number of benzene rings is 1. The molecule has 0 spiro atoms. The van der Waals surface area contributed by atoms with Gasteiger partial charge in [0.15, 0.2) is 0 Å². The summed E-state index contributed by atoms with van der Waals surface area (Å²) >= 11 is 5.77. The lowest BCUT2D eigenvalue weighted by molar-refractivity contribution is -0.384. The molecule has 0 aliphatic carbocycles. The monoisotopic (exact) mass is 272 g/mol. The summed E-state index contributed by atoms with van der Waals surface area (Å²) in [6.07, 6.45) is 0.746. The predicted molar refractivity (Wildman–Crippen MR) is 68.2 cm³/mol. The Morgan fingerprint density at radius 3 is 2.72 bits per heavy atom. The van der Waals surface area contributed by atoms with Crippen molar-refractivity contribution in [2.24, 2.45) is 0 Å². The van der Waals surface area contributed by atoms with E-state index in [2.05, 4.69) is 5.32 Å². The topological polar surface area (TPSA) is 81.5 Å². The molecule has 1 aromatic rings. The molecule has 1 N–H and O–H groups in total. The zero-order chi connectivity index (χ0) is 13.7. The Morgan fingerprint density at radius 1 is 1.56 bits per heavy atom. The minimum absolute atomic E-state index is 0.0485. The number of carbonyl (C=O) groups is 1. The van der Waals surface area contributed by atoms with E-state index in [0.29, 0.717) is 12.3 Å². The van der Waals surface area contributed by atoms with E-state index in [1.165, 1.54) is 19.1 Å². The fourth-order valence-electron chi connectivity index (χ4n) is 1.30. The second-order valence-corrected chi connectivity index (χ2v) is 3.99. The number of nitro benzene ring substituents is 1. The van der Waals surface area contributed by atoms with E-state index in [1.54, 1.807) is 0 Å². The Hall–Kier alpha value is -1.82. The Bertz CT molecular complexity index is 476. The normalized spacial score (nSPS) is 9.94. The van der Waals surface area contributed by atoms with Crippen molar-refractivity contribution in [3.63, 3.8) is 0 Å². The van der Waals surface area contributed by atoms with Crippen LogP contribution >= 0.6 is 11.6 Å². The van der Waals surface area contributed by atoms with Gasteiger partial charge in [-0.2, -0.15) is 0 Å². The van der Waals surface area contributed by atoms with Crippen LogP contribution in [0.5, 0.6) is 5.75 Å². The summed E-state index contributed by atoms with van der Waals surface area (Å²) in [6, 6.07) is 2.52. The van der Waals surface area contributed by atoms with Crippen molar-refractivity contribution >= 4 is 28.9 Å². The number of anilines is 1. The lowest BCUT2D eigenvalue weighted by atomic mass is 10.2. The number of halogens is 1. The van der Waals surface area contributed by atoms with Gasteiger partial charge in [0.1, 0.15) is 10.8 Å². The number of amides is 1. The van der Waals surface area contributed by atoms with Crippen LogP contribution in [0.2, 0.25) is 5.02 Å². The molecule has 0 aliphatic rings. The molecule has 0 fully saturated rings. The zero-order valence-corrected chi connectivity index (χ0v) is 10.8. The molecule has 18 heavy (non-hydrogen) atoms. The minimum atomic E-state index is -0.599. The smallest absolute Gasteiger partial charge is 0.291 e. The first-order valence-corrected chi connectivity index (χ1v) is 5.71. The van der Waals surface area contributed by atoms with Crippen LogP contribution in [-0.2, 0) is 4.79 Å². The maximum Gasteiger partial charge on any atom is 0.291 e. The van der Waals surface area contributed by atoms with E-state index in [1.807, 2.05) is 6.92 Å². The molecule has 0 bridgehead atoms. The van der Waals surface area contributed by atoms with Crippen LogP contribution in [-0.4, -0.2) is 17.4 Å². The lowest BCUT2D eigenvalue weighted by Gasteiger charge is -2.11. The molecule has 6 nitrogen and oxygen atoms in total. The molecule has 1 aromatic carbocycles. The summed E-state index contributed by atoms with van der Waals surface area (Å²) in [4.78, 5) is 21.2. The van der Waals surface area contributed by atoms with Gasteiger partial charge in [-0.1, -0.05) is 18.5 Å². The van der Waals surface area contributed by atoms with Crippen LogP contribution in [0.25, 0.3) is 0 Å². The molecule has 7 heteroatoms. The van der Waals surface area contributed by atoms with Gasteiger partial charge in [-0.3, -0.25) is 14.9 Å². The minimum Gasteiger partial charge on any atom is -0.491 e. The highest BCUT2D eigenvalue weighted by molar-refractivity contribution is 6.33. The summed E-state index contributed by atoms with van der Waals surface area (Å²) < 4.78 is 5.36. The zero-order valence-electron chi connectivity index (χ0n) is 10.0. The van der Waals surface area contributed by atoms with Crippen molar-refractivity contribution in [3.05, 3.63) is 27.3 Å². The van der Waals surface area contributed by atoms with Gasteiger partial charge in [0.05, 0.1) is 23.3 Å². The van der Waals surface area contributed by atoms with Gasteiger partial charge in [0.25, 0.3) is 5.69 Å². The highest BCUT2D eigenvalue weighted by atomic mass is 35.5. The van der Waals surface area contributed by atoms with Gasteiger partial charge in [-0.25, -0.2) is 0 Å². The summed E-state index contributed by atoms with van der Waals surface area (Å²) in [7, 11) is 0. The quantitative estimate of drug-likeness (QED) is 0.660. The van der Waals surface area contributed by atoms with Crippen molar-refractivity contribution in [1.29, 1.82) is 0 Å². The number of carbonyl (C=O) groups excluding carboxylic acids is 1. The van der Waals surface area contributed by atoms with Crippen molar-refractivity contribution in [2.45, 2.75) is 20.3 Å². The van der Waals surface area contributed by atoms with E-state index in [-0.39, 0.29) is 22.4 Å². The summed E-state index contributed by atoms with van der Waals surface area (Å²) in [5.74, 6) is -0.0654. The average molecular weight is 273 g/mol. The number of rotatable bonds is 5. The third-order valence-electron chi connectivity index (χ3n) is 2.02. The Morgan fingerprint density at radius 2 is 2.22 bits per heavy atom. The number of nitrogens with zero attached hydrogens (tertiary/aromatic N) is 1. The van der Waals surface area contributed by atoms with Crippen LogP contribution in [0.4, 0.5) is 11.4 Å². The van der Waals surface area contributed by atoms with Crippen molar-refractivity contribution < 1.29 is 14.5 Å². The first-order chi connectivity index (χ1) is 8.45. The van der Waals surface area contributed by atoms with Crippen molar-refractivity contribution in [2.75, 3.05) is 11.9 Å².